The van der Waals surface area contributed by atoms with E-state index >= 15 is 0 Å². The number of quaternary nitrogens is 1. The Labute approximate surface area is 541 Å². The zero-order valence-electron chi connectivity index (χ0n) is 58.5. The number of allylic oxidation sites excluding steroid dienone is 9. The Bertz CT molecular complexity index is 1670. The van der Waals surface area contributed by atoms with Gasteiger partial charge in [0.25, 0.3) is 0 Å². The van der Waals surface area contributed by atoms with Crippen LogP contribution in [0.3, 0.4) is 0 Å². The number of amides is 1. The molecule has 0 aliphatic heterocycles. The van der Waals surface area contributed by atoms with Gasteiger partial charge in [0.05, 0.1) is 33.8 Å². The number of phosphoric acid groups is 1. The molecule has 87 heavy (non-hydrogen) atoms. The zero-order valence-corrected chi connectivity index (χ0v) is 59.4. The van der Waals surface area contributed by atoms with E-state index in [1.807, 2.05) is 27.2 Å². The summed E-state index contributed by atoms with van der Waals surface area (Å²) in [4.78, 5) is 38.0. The van der Waals surface area contributed by atoms with Crippen LogP contribution in [-0.4, -0.2) is 74.3 Å². The van der Waals surface area contributed by atoms with E-state index in [1.54, 1.807) is 0 Å². The first-order valence-corrected chi connectivity index (χ1v) is 39.1. The summed E-state index contributed by atoms with van der Waals surface area (Å²) < 4.78 is 30.9. The highest BCUT2D eigenvalue weighted by Gasteiger charge is 2.30. The van der Waals surface area contributed by atoms with E-state index in [1.165, 1.54) is 263 Å². The molecule has 2 N–H and O–H groups in total. The van der Waals surface area contributed by atoms with Gasteiger partial charge in [0.2, 0.25) is 5.91 Å². The number of nitrogens with zero attached hydrogens (tertiary/aromatic N) is 1. The predicted octanol–water partition coefficient (Wildman–Crippen LogP) is 24.1. The smallest absolute Gasteiger partial charge is 0.456 e. The van der Waals surface area contributed by atoms with Crippen LogP contribution in [0, 0.1) is 0 Å². The molecule has 0 aliphatic carbocycles. The van der Waals surface area contributed by atoms with Crippen LogP contribution in [0.4, 0.5) is 0 Å². The number of rotatable bonds is 69. The fourth-order valence-corrected chi connectivity index (χ4v) is 11.9. The first-order valence-electron chi connectivity index (χ1n) is 37.6. The van der Waals surface area contributed by atoms with Gasteiger partial charge in [0, 0.05) is 12.8 Å². The van der Waals surface area contributed by atoms with Crippen LogP contribution in [0.25, 0.3) is 0 Å². The molecule has 3 unspecified atom stereocenters. The summed E-state index contributed by atoms with van der Waals surface area (Å²) in [6.45, 7) is 7.04. The van der Waals surface area contributed by atoms with E-state index in [4.69, 9.17) is 13.8 Å². The first-order chi connectivity index (χ1) is 42.4. The molecular weight excluding hydrogens is 1100 g/mol. The lowest BCUT2D eigenvalue weighted by molar-refractivity contribution is -0.870. The second-order valence-electron chi connectivity index (χ2n) is 26.8. The highest BCUT2D eigenvalue weighted by atomic mass is 31.2. The molecular formula is C77H146N2O7P+. The summed E-state index contributed by atoms with van der Waals surface area (Å²) in [6, 6.07) is -0.851. The zero-order chi connectivity index (χ0) is 63.5. The Morgan fingerprint density at radius 1 is 0.402 bits per heavy atom. The molecule has 0 radical (unpaired) electrons. The van der Waals surface area contributed by atoms with Crippen molar-refractivity contribution in [1.82, 2.24) is 5.32 Å². The summed E-state index contributed by atoms with van der Waals surface area (Å²) in [5, 5.41) is 3.08. The lowest BCUT2D eigenvalue weighted by Crippen LogP contribution is -2.47. The number of nitrogens with one attached hydrogen (secondary N) is 1. The Morgan fingerprint density at radius 2 is 0.701 bits per heavy atom. The molecule has 0 bridgehead atoms. The lowest BCUT2D eigenvalue weighted by Gasteiger charge is -2.27. The molecule has 0 rings (SSSR count). The van der Waals surface area contributed by atoms with Crippen LogP contribution in [-0.2, 0) is 27.9 Å². The number of hydrogen-bond donors (Lipinski definition) is 2. The minimum Gasteiger partial charge on any atom is -0.456 e. The fourth-order valence-electron chi connectivity index (χ4n) is 11.1. The van der Waals surface area contributed by atoms with Crippen molar-refractivity contribution in [3.8, 4) is 0 Å². The van der Waals surface area contributed by atoms with Crippen molar-refractivity contribution in [3.63, 3.8) is 0 Å². The number of likely N-dealkylation sites (N-methyl/N-ethyl adjacent to an activating group) is 1. The molecule has 0 fully saturated rings. The Hall–Kier alpha value is -2.29. The molecule has 3 atom stereocenters. The van der Waals surface area contributed by atoms with E-state index in [0.717, 1.165) is 70.6 Å². The summed E-state index contributed by atoms with van der Waals surface area (Å²) in [5.41, 5.74) is 0. The quantitative estimate of drug-likeness (QED) is 0.0205. The van der Waals surface area contributed by atoms with Gasteiger partial charge < -0.3 is 19.4 Å². The van der Waals surface area contributed by atoms with Gasteiger partial charge in [-0.2, -0.15) is 0 Å². The molecule has 0 heterocycles. The van der Waals surface area contributed by atoms with E-state index < -0.39 is 20.0 Å². The van der Waals surface area contributed by atoms with Crippen LogP contribution in [0.2, 0.25) is 0 Å². The number of hydrogen-bond acceptors (Lipinski definition) is 6. The summed E-state index contributed by atoms with van der Waals surface area (Å²) in [7, 11) is 1.51. The van der Waals surface area contributed by atoms with Gasteiger partial charge in [0.1, 0.15) is 19.3 Å². The van der Waals surface area contributed by atoms with Crippen molar-refractivity contribution in [2.24, 2.45) is 0 Å². The molecule has 1 amide bonds. The second kappa shape index (κ2) is 66.6. The number of phosphoric ester groups is 1. The van der Waals surface area contributed by atoms with E-state index in [9.17, 15) is 19.0 Å². The molecule has 0 aromatic carbocycles. The number of carbonyl (C=O) groups is 2. The Morgan fingerprint density at radius 3 is 1.08 bits per heavy atom. The van der Waals surface area contributed by atoms with Crippen LogP contribution in [0.15, 0.2) is 60.8 Å². The maximum atomic E-state index is 13.6. The standard InChI is InChI=1S/C77H145N2O7P/c1-7-10-13-16-19-22-25-28-30-32-34-36-38-39-41-42-44-46-48-51-54-57-60-63-66-69-76(80)78-74(73-85-87(82,83)84-72-71-79(4,5)6)75(68-65-62-59-56-53-50-27-24-21-18-15-12-9-3)86-77(81)70-67-64-61-58-55-52-49-47-45-43-40-37-35-33-31-29-26-23-20-17-14-11-8-2/h19,22,28-31,34,36,65,68,74-75H,7-18,20-21,23-27,32-33,35,37-64,66-67,69-73H2,1-6H3,(H-,78,80,82,83)/p+1/b22-19-,30-28-,31-29+,36-34-,68-65+. The van der Waals surface area contributed by atoms with E-state index in [0.29, 0.717) is 23.9 Å². The van der Waals surface area contributed by atoms with Crippen LogP contribution in [0.5, 0.6) is 0 Å². The molecule has 0 aromatic rings. The number of carbonyl (C=O) groups excluding carboxylic acids is 2. The third-order valence-corrected chi connectivity index (χ3v) is 17.9. The molecule has 0 saturated heterocycles. The van der Waals surface area contributed by atoms with Gasteiger partial charge in [-0.05, 0) is 96.0 Å². The number of unbranched alkanes of at least 4 members (excludes halogenated alkanes) is 45. The molecule has 9 nitrogen and oxygen atoms in total. The summed E-state index contributed by atoms with van der Waals surface area (Å²) in [6.07, 6.45) is 86.6. The maximum Gasteiger partial charge on any atom is 0.472 e. The van der Waals surface area contributed by atoms with Gasteiger partial charge >= 0.3 is 13.8 Å². The van der Waals surface area contributed by atoms with Crippen LogP contribution in [0.1, 0.15) is 367 Å². The van der Waals surface area contributed by atoms with E-state index in [-0.39, 0.29) is 25.1 Å². The molecule has 10 heteroatoms. The molecule has 0 aliphatic rings. The summed E-state index contributed by atoms with van der Waals surface area (Å²) in [5.74, 6) is -0.491. The maximum absolute atomic E-state index is 13.6. The molecule has 510 valence electrons. The van der Waals surface area contributed by atoms with Crippen molar-refractivity contribution >= 4 is 19.7 Å². The van der Waals surface area contributed by atoms with Crippen molar-refractivity contribution in [3.05, 3.63) is 60.8 Å². The predicted molar refractivity (Wildman–Crippen MR) is 378 cm³/mol. The largest absolute Gasteiger partial charge is 0.472 e. The topological polar surface area (TPSA) is 111 Å². The van der Waals surface area contributed by atoms with Gasteiger partial charge in [-0.1, -0.05) is 319 Å². The normalized spacial score (nSPS) is 13.8. The minimum atomic E-state index is -4.46. The Kier molecular flexibility index (Phi) is 64.9. The van der Waals surface area contributed by atoms with Crippen molar-refractivity contribution in [2.45, 2.75) is 380 Å². The minimum absolute atomic E-state index is 0.0404. The van der Waals surface area contributed by atoms with Gasteiger partial charge in [-0.3, -0.25) is 18.6 Å². The van der Waals surface area contributed by atoms with Crippen LogP contribution < -0.4 is 5.32 Å². The van der Waals surface area contributed by atoms with Gasteiger partial charge in [-0.15, -0.1) is 0 Å². The summed E-state index contributed by atoms with van der Waals surface area (Å²) >= 11 is 0. The van der Waals surface area contributed by atoms with Crippen molar-refractivity contribution in [1.29, 1.82) is 0 Å². The van der Waals surface area contributed by atoms with Gasteiger partial charge in [0.15, 0.2) is 0 Å². The fraction of sp³-hybridized carbons (Fsp3) is 0.844. The number of esters is 1. The average Bonchev–Trinajstić information content (AvgIpc) is 3.70. The molecule has 0 spiro atoms. The molecule has 0 saturated carbocycles. The average molecular weight is 1240 g/mol. The Balaban J connectivity index is 5.04. The van der Waals surface area contributed by atoms with Crippen molar-refractivity contribution < 1.29 is 37.3 Å². The highest BCUT2D eigenvalue weighted by molar-refractivity contribution is 7.47. The third-order valence-electron chi connectivity index (χ3n) is 16.9. The second-order valence-corrected chi connectivity index (χ2v) is 28.3. The number of ether oxygens (including phenoxy) is 1. The third kappa shape index (κ3) is 67.9. The monoisotopic (exact) mass is 1240 g/mol. The van der Waals surface area contributed by atoms with Gasteiger partial charge in [-0.25, -0.2) is 4.57 Å². The molecule has 0 aromatic heterocycles. The SMILES string of the molecule is CCCCC/C=C\C/C=C\C/C=C\CCCCCCCCCCCCCCC(=O)NC(COP(=O)(O)OCC[N+](C)(C)C)C(/C=C/CCCCCCCCCCCCC)OC(=O)CCCCCCCCCCCCCCC/C=C/CCCCCCCC. The van der Waals surface area contributed by atoms with Crippen molar-refractivity contribution in [2.75, 3.05) is 40.9 Å². The highest BCUT2D eigenvalue weighted by Crippen LogP contribution is 2.43. The van der Waals surface area contributed by atoms with Crippen LogP contribution >= 0.6 is 7.82 Å². The lowest BCUT2D eigenvalue weighted by atomic mass is 10.0. The van der Waals surface area contributed by atoms with E-state index in [2.05, 4.69) is 80.8 Å². The first kappa shape index (κ1) is 84.7.